The third kappa shape index (κ3) is 2.39. The van der Waals surface area contributed by atoms with Crippen LogP contribution in [0.15, 0.2) is 18.2 Å². The van der Waals surface area contributed by atoms with Gasteiger partial charge in [0.05, 0.1) is 0 Å². The molecule has 2 fully saturated rings. The molecular formula is C18H24N2O2. The van der Waals surface area contributed by atoms with Gasteiger partial charge in [-0.2, -0.15) is 0 Å². The number of piperidine rings is 1. The molecule has 118 valence electrons. The monoisotopic (exact) mass is 300 g/mol. The lowest BCUT2D eigenvalue weighted by molar-refractivity contribution is 0.0415. The molecule has 1 aromatic carbocycles. The van der Waals surface area contributed by atoms with Crippen LogP contribution in [0.25, 0.3) is 0 Å². The number of hydrogen-bond donors (Lipinski definition) is 1. The third-order valence-electron chi connectivity index (χ3n) is 5.73. The van der Waals surface area contributed by atoms with Crippen molar-refractivity contribution in [3.63, 3.8) is 0 Å². The summed E-state index contributed by atoms with van der Waals surface area (Å²) < 4.78 is 0. The maximum Gasteiger partial charge on any atom is 0.254 e. The van der Waals surface area contributed by atoms with E-state index in [0.717, 1.165) is 56.1 Å². The van der Waals surface area contributed by atoms with Gasteiger partial charge in [-0.3, -0.25) is 4.79 Å². The van der Waals surface area contributed by atoms with E-state index in [1.165, 1.54) is 19.3 Å². The van der Waals surface area contributed by atoms with E-state index in [0.29, 0.717) is 6.04 Å². The van der Waals surface area contributed by atoms with Gasteiger partial charge in [-0.25, -0.2) is 0 Å². The average Bonchev–Trinajstić information content (AvgIpc) is 2.47. The zero-order chi connectivity index (χ0) is 15.1. The molecule has 0 radical (unpaired) electrons. The van der Waals surface area contributed by atoms with Crippen molar-refractivity contribution in [2.75, 3.05) is 19.6 Å². The molecule has 0 atom stereocenters. The summed E-state index contributed by atoms with van der Waals surface area (Å²) in [6.45, 7) is 3.08. The Morgan fingerprint density at radius 1 is 1.00 bits per heavy atom. The Labute approximate surface area is 131 Å². The van der Waals surface area contributed by atoms with Crippen LogP contribution in [0.1, 0.15) is 48.0 Å². The first-order valence-corrected chi connectivity index (χ1v) is 8.59. The van der Waals surface area contributed by atoms with Crippen molar-refractivity contribution in [3.8, 4) is 5.75 Å². The molecule has 22 heavy (non-hydrogen) atoms. The lowest BCUT2D eigenvalue weighted by Gasteiger charge is -2.45. The van der Waals surface area contributed by atoms with Crippen molar-refractivity contribution in [1.29, 1.82) is 0 Å². The molecule has 2 aliphatic heterocycles. The standard InChI is InChI=1S/C18H24N2O2/c21-16-4-5-17-13(12-16)6-11-20(18(17)22)15-7-9-19(10-8-15)14-2-1-3-14/h4-5,12,14-15,21H,1-3,6-11H2. The number of carbonyl (C=O) groups excluding carboxylic acids is 1. The quantitative estimate of drug-likeness (QED) is 0.912. The fourth-order valence-corrected chi connectivity index (χ4v) is 4.16. The van der Waals surface area contributed by atoms with Crippen LogP contribution >= 0.6 is 0 Å². The molecule has 2 heterocycles. The molecule has 0 aromatic heterocycles. The fraction of sp³-hybridized carbons (Fsp3) is 0.611. The van der Waals surface area contributed by atoms with Crippen molar-refractivity contribution >= 4 is 5.91 Å². The van der Waals surface area contributed by atoms with E-state index in [1.54, 1.807) is 18.2 Å². The van der Waals surface area contributed by atoms with Crippen LogP contribution in [0, 0.1) is 0 Å². The van der Waals surface area contributed by atoms with E-state index >= 15 is 0 Å². The predicted octanol–water partition coefficient (Wildman–Crippen LogP) is 2.41. The molecule has 1 N–H and O–H groups in total. The zero-order valence-corrected chi connectivity index (χ0v) is 13.0. The second kappa shape index (κ2) is 5.58. The number of hydrogen-bond acceptors (Lipinski definition) is 3. The minimum Gasteiger partial charge on any atom is -0.508 e. The van der Waals surface area contributed by atoms with E-state index < -0.39 is 0 Å². The highest BCUT2D eigenvalue weighted by atomic mass is 16.3. The Hall–Kier alpha value is -1.55. The van der Waals surface area contributed by atoms with Gasteiger partial charge in [0.25, 0.3) is 5.91 Å². The van der Waals surface area contributed by atoms with Gasteiger partial charge in [-0.15, -0.1) is 0 Å². The van der Waals surface area contributed by atoms with Crippen LogP contribution in [0.4, 0.5) is 0 Å². The van der Waals surface area contributed by atoms with Crippen molar-refractivity contribution < 1.29 is 9.90 Å². The number of benzene rings is 1. The minimum atomic E-state index is 0.156. The van der Waals surface area contributed by atoms with E-state index in [-0.39, 0.29) is 11.7 Å². The predicted molar refractivity (Wildman–Crippen MR) is 85.1 cm³/mol. The molecule has 4 heteroatoms. The Morgan fingerprint density at radius 2 is 1.77 bits per heavy atom. The van der Waals surface area contributed by atoms with E-state index in [1.807, 2.05) is 0 Å². The van der Waals surface area contributed by atoms with Crippen LogP contribution in [-0.4, -0.2) is 52.5 Å². The number of phenols is 1. The SMILES string of the molecule is O=C1c2ccc(O)cc2CCN1C1CCN(C2CCC2)CC1. The van der Waals surface area contributed by atoms with Crippen LogP contribution < -0.4 is 0 Å². The number of nitrogens with zero attached hydrogens (tertiary/aromatic N) is 2. The number of fused-ring (bicyclic) bond motifs is 1. The molecule has 4 nitrogen and oxygen atoms in total. The number of phenolic OH excluding ortho intramolecular Hbond substituents is 1. The normalized spacial score (nSPS) is 24.2. The molecule has 0 unspecified atom stereocenters. The Morgan fingerprint density at radius 3 is 2.45 bits per heavy atom. The summed E-state index contributed by atoms with van der Waals surface area (Å²) in [6, 6.07) is 6.36. The number of carbonyl (C=O) groups is 1. The summed E-state index contributed by atoms with van der Waals surface area (Å²) in [7, 11) is 0. The molecule has 1 amide bonds. The molecule has 1 aliphatic carbocycles. The van der Waals surface area contributed by atoms with E-state index in [2.05, 4.69) is 9.80 Å². The number of likely N-dealkylation sites (tertiary alicyclic amines) is 1. The summed E-state index contributed by atoms with van der Waals surface area (Å²) in [6.07, 6.45) is 7.19. The molecule has 3 aliphatic rings. The average molecular weight is 300 g/mol. The van der Waals surface area contributed by atoms with Crippen LogP contribution in [0.5, 0.6) is 5.75 Å². The third-order valence-corrected chi connectivity index (χ3v) is 5.73. The van der Waals surface area contributed by atoms with E-state index in [9.17, 15) is 9.90 Å². The maximum atomic E-state index is 12.7. The minimum absolute atomic E-state index is 0.156. The molecule has 4 rings (SSSR count). The first kappa shape index (κ1) is 14.1. The van der Waals surface area contributed by atoms with Crippen LogP contribution in [-0.2, 0) is 6.42 Å². The van der Waals surface area contributed by atoms with Gasteiger partial charge in [0.2, 0.25) is 0 Å². The fourth-order valence-electron chi connectivity index (χ4n) is 4.16. The summed E-state index contributed by atoms with van der Waals surface area (Å²) in [4.78, 5) is 17.4. The van der Waals surface area contributed by atoms with Crippen LogP contribution in [0.2, 0.25) is 0 Å². The van der Waals surface area contributed by atoms with Gasteiger partial charge in [-0.05, 0) is 55.9 Å². The van der Waals surface area contributed by atoms with Crippen molar-refractivity contribution in [3.05, 3.63) is 29.3 Å². The number of aromatic hydroxyl groups is 1. The Bertz CT molecular complexity index is 574. The first-order valence-electron chi connectivity index (χ1n) is 8.59. The van der Waals surface area contributed by atoms with Crippen molar-refractivity contribution in [1.82, 2.24) is 9.80 Å². The van der Waals surface area contributed by atoms with Crippen molar-refractivity contribution in [2.24, 2.45) is 0 Å². The maximum absolute atomic E-state index is 12.7. The second-order valence-electron chi connectivity index (χ2n) is 6.94. The van der Waals surface area contributed by atoms with E-state index in [4.69, 9.17) is 0 Å². The van der Waals surface area contributed by atoms with Crippen LogP contribution in [0.3, 0.4) is 0 Å². The Balaban J connectivity index is 1.43. The summed E-state index contributed by atoms with van der Waals surface area (Å²) in [5.74, 6) is 0.414. The summed E-state index contributed by atoms with van der Waals surface area (Å²) in [5, 5.41) is 9.57. The molecule has 1 saturated carbocycles. The van der Waals surface area contributed by atoms with Crippen molar-refractivity contribution in [2.45, 2.75) is 50.6 Å². The molecular weight excluding hydrogens is 276 g/mol. The summed E-state index contributed by atoms with van der Waals surface area (Å²) in [5.41, 5.74) is 1.78. The topological polar surface area (TPSA) is 43.8 Å². The highest BCUT2D eigenvalue weighted by molar-refractivity contribution is 5.97. The highest BCUT2D eigenvalue weighted by Gasteiger charge is 2.34. The smallest absolute Gasteiger partial charge is 0.254 e. The zero-order valence-electron chi connectivity index (χ0n) is 13.0. The molecule has 1 saturated heterocycles. The van der Waals surface area contributed by atoms with Gasteiger partial charge in [-0.1, -0.05) is 6.42 Å². The van der Waals surface area contributed by atoms with Gasteiger partial charge < -0.3 is 14.9 Å². The molecule has 0 bridgehead atoms. The lowest BCUT2D eigenvalue weighted by atomic mass is 9.88. The molecule has 1 aromatic rings. The summed E-state index contributed by atoms with van der Waals surface area (Å²) >= 11 is 0. The largest absolute Gasteiger partial charge is 0.508 e. The highest BCUT2D eigenvalue weighted by Crippen LogP contribution is 2.31. The van der Waals surface area contributed by atoms with Gasteiger partial charge in [0.15, 0.2) is 0 Å². The number of amides is 1. The first-order chi connectivity index (χ1) is 10.7. The molecule has 0 spiro atoms. The Kier molecular flexibility index (Phi) is 3.57. The second-order valence-corrected chi connectivity index (χ2v) is 6.94. The lowest BCUT2D eigenvalue weighted by Crippen LogP contribution is -2.52. The van der Waals surface area contributed by atoms with Gasteiger partial charge in [0, 0.05) is 37.3 Å². The number of rotatable bonds is 2. The van der Waals surface area contributed by atoms with Gasteiger partial charge >= 0.3 is 0 Å². The van der Waals surface area contributed by atoms with Gasteiger partial charge in [0.1, 0.15) is 5.75 Å².